The van der Waals surface area contributed by atoms with Crippen molar-refractivity contribution in [2.24, 2.45) is 0 Å². The molecular formula is C24H24N2O3. The Morgan fingerprint density at radius 3 is 2.34 bits per heavy atom. The van der Waals surface area contributed by atoms with E-state index in [1.807, 2.05) is 85.8 Å². The lowest BCUT2D eigenvalue weighted by Gasteiger charge is -2.45. The van der Waals surface area contributed by atoms with E-state index in [1.54, 1.807) is 11.9 Å². The monoisotopic (exact) mass is 388 g/mol. The molecule has 5 nitrogen and oxygen atoms in total. The maximum atomic E-state index is 13.0. The van der Waals surface area contributed by atoms with E-state index < -0.39 is 5.66 Å². The maximum absolute atomic E-state index is 13.0. The molecule has 5 heteroatoms. The predicted molar refractivity (Wildman–Crippen MR) is 113 cm³/mol. The van der Waals surface area contributed by atoms with Gasteiger partial charge in [0, 0.05) is 18.3 Å². The van der Waals surface area contributed by atoms with Crippen molar-refractivity contribution >= 4 is 11.6 Å². The Morgan fingerprint density at radius 2 is 1.52 bits per heavy atom. The summed E-state index contributed by atoms with van der Waals surface area (Å²) >= 11 is 0. The zero-order valence-electron chi connectivity index (χ0n) is 16.6. The predicted octanol–water partition coefficient (Wildman–Crippen LogP) is 4.51. The first-order valence-electron chi connectivity index (χ1n) is 9.65. The van der Waals surface area contributed by atoms with Gasteiger partial charge in [-0.2, -0.15) is 0 Å². The molecule has 0 aromatic heterocycles. The summed E-state index contributed by atoms with van der Waals surface area (Å²) in [5.41, 5.74) is 1.65. The number of anilines is 1. The molecule has 0 fully saturated rings. The minimum Gasteiger partial charge on any atom is -0.490 e. The second-order valence-electron chi connectivity index (χ2n) is 7.11. The van der Waals surface area contributed by atoms with E-state index in [-0.39, 0.29) is 5.91 Å². The molecule has 1 heterocycles. The maximum Gasteiger partial charge on any atom is 0.257 e. The van der Waals surface area contributed by atoms with Gasteiger partial charge in [0.2, 0.25) is 0 Å². The molecule has 1 aliphatic rings. The van der Waals surface area contributed by atoms with Crippen LogP contribution in [-0.2, 0) is 5.66 Å². The first kappa shape index (κ1) is 18.9. The highest BCUT2D eigenvalue weighted by atomic mass is 16.5. The van der Waals surface area contributed by atoms with Crippen LogP contribution in [0, 0.1) is 0 Å². The summed E-state index contributed by atoms with van der Waals surface area (Å²) in [5, 5.41) is 3.52. The number of nitrogens with zero attached hydrogens (tertiary/aromatic N) is 1. The van der Waals surface area contributed by atoms with Gasteiger partial charge in [-0.15, -0.1) is 0 Å². The summed E-state index contributed by atoms with van der Waals surface area (Å²) < 4.78 is 11.8. The first-order valence-corrected chi connectivity index (χ1v) is 9.65. The summed E-state index contributed by atoms with van der Waals surface area (Å²) in [6, 6.07) is 25.0. The lowest BCUT2D eigenvalue weighted by Crippen LogP contribution is -2.54. The molecule has 4 rings (SSSR count). The van der Waals surface area contributed by atoms with Crippen LogP contribution in [0.15, 0.2) is 78.9 Å². The largest absolute Gasteiger partial charge is 0.490 e. The van der Waals surface area contributed by atoms with Crippen LogP contribution in [0.25, 0.3) is 0 Å². The number of benzene rings is 3. The number of hydrogen-bond donors (Lipinski definition) is 1. The van der Waals surface area contributed by atoms with E-state index >= 15 is 0 Å². The fourth-order valence-electron chi connectivity index (χ4n) is 3.58. The molecule has 29 heavy (non-hydrogen) atoms. The van der Waals surface area contributed by atoms with Gasteiger partial charge in [0.15, 0.2) is 0 Å². The topological polar surface area (TPSA) is 50.8 Å². The average Bonchev–Trinajstić information content (AvgIpc) is 2.76. The third-order valence-electron chi connectivity index (χ3n) is 5.28. The van der Waals surface area contributed by atoms with Gasteiger partial charge in [-0.25, -0.2) is 0 Å². The van der Waals surface area contributed by atoms with Gasteiger partial charge in [0.1, 0.15) is 30.4 Å². The van der Waals surface area contributed by atoms with Gasteiger partial charge in [0.05, 0.1) is 5.56 Å². The number of hydrogen-bond acceptors (Lipinski definition) is 4. The van der Waals surface area contributed by atoms with E-state index in [0.29, 0.717) is 18.8 Å². The van der Waals surface area contributed by atoms with E-state index in [1.165, 1.54) is 0 Å². The van der Waals surface area contributed by atoms with Crippen molar-refractivity contribution in [1.29, 1.82) is 0 Å². The molecule has 0 spiro atoms. The number of fused-ring (bicyclic) bond motifs is 1. The number of rotatable bonds is 6. The van der Waals surface area contributed by atoms with E-state index in [0.717, 1.165) is 22.7 Å². The van der Waals surface area contributed by atoms with Gasteiger partial charge < -0.3 is 19.7 Å². The lowest BCUT2D eigenvalue weighted by atomic mass is 9.93. The van der Waals surface area contributed by atoms with Gasteiger partial charge >= 0.3 is 0 Å². The number of nitrogens with one attached hydrogen (secondary N) is 1. The van der Waals surface area contributed by atoms with Gasteiger partial charge in [-0.05, 0) is 37.3 Å². The van der Waals surface area contributed by atoms with Crippen molar-refractivity contribution < 1.29 is 14.3 Å². The molecule has 3 aromatic carbocycles. The summed E-state index contributed by atoms with van der Waals surface area (Å²) in [6.07, 6.45) is 0. The molecule has 0 bridgehead atoms. The average molecular weight is 388 g/mol. The highest BCUT2D eigenvalue weighted by Gasteiger charge is 2.41. The first-order chi connectivity index (χ1) is 14.1. The summed E-state index contributed by atoms with van der Waals surface area (Å²) in [5.74, 6) is 1.51. The quantitative estimate of drug-likeness (QED) is 0.631. The molecule has 1 amide bonds. The van der Waals surface area contributed by atoms with Crippen molar-refractivity contribution in [1.82, 2.24) is 4.90 Å². The van der Waals surface area contributed by atoms with Crippen LogP contribution in [0.3, 0.4) is 0 Å². The Hall–Kier alpha value is -3.47. The van der Waals surface area contributed by atoms with Crippen LogP contribution >= 0.6 is 0 Å². The molecule has 1 unspecified atom stereocenters. The number of carbonyl (C=O) groups is 1. The summed E-state index contributed by atoms with van der Waals surface area (Å²) in [6.45, 7) is 2.82. The Labute approximate surface area is 170 Å². The molecule has 1 aliphatic heterocycles. The van der Waals surface area contributed by atoms with Crippen molar-refractivity contribution in [3.63, 3.8) is 0 Å². The minimum absolute atomic E-state index is 0.0240. The Balaban J connectivity index is 1.54. The van der Waals surface area contributed by atoms with Crippen molar-refractivity contribution in [3.05, 3.63) is 90.0 Å². The van der Waals surface area contributed by atoms with Crippen LogP contribution < -0.4 is 14.8 Å². The third kappa shape index (κ3) is 3.63. The van der Waals surface area contributed by atoms with Crippen LogP contribution in [0.4, 0.5) is 5.69 Å². The van der Waals surface area contributed by atoms with Crippen LogP contribution in [0.1, 0.15) is 22.8 Å². The normalized spacial score (nSPS) is 18.0. The lowest BCUT2D eigenvalue weighted by molar-refractivity contribution is 0.0609. The second-order valence-corrected chi connectivity index (χ2v) is 7.11. The molecule has 3 aromatic rings. The third-order valence-corrected chi connectivity index (χ3v) is 5.28. The SMILES string of the molecule is CN1C(=O)c2ccccc2NC1(C)c1ccccc1OCCOc1ccccc1. The van der Waals surface area contributed by atoms with Gasteiger partial charge in [-0.1, -0.05) is 48.5 Å². The zero-order valence-corrected chi connectivity index (χ0v) is 16.6. The fourth-order valence-corrected chi connectivity index (χ4v) is 3.58. The number of ether oxygens (including phenoxy) is 2. The molecular weight excluding hydrogens is 364 g/mol. The molecule has 148 valence electrons. The standard InChI is InChI=1S/C24H24N2O3/c1-24(25-21-14-8-6-12-19(21)23(27)26(24)2)20-13-7-9-15-22(20)29-17-16-28-18-10-4-3-5-11-18/h3-15,25H,16-17H2,1-2H3. The van der Waals surface area contributed by atoms with Crippen LogP contribution in [0.5, 0.6) is 11.5 Å². The van der Waals surface area contributed by atoms with Crippen LogP contribution in [-0.4, -0.2) is 31.1 Å². The molecule has 1 atom stereocenters. The Morgan fingerprint density at radius 1 is 0.862 bits per heavy atom. The number of carbonyl (C=O) groups excluding carboxylic acids is 1. The Kier molecular flexibility index (Phi) is 5.12. The second kappa shape index (κ2) is 7.87. The molecule has 0 aliphatic carbocycles. The zero-order chi connectivity index (χ0) is 20.3. The highest BCUT2D eigenvalue weighted by Crippen LogP contribution is 2.40. The van der Waals surface area contributed by atoms with Crippen molar-refractivity contribution in [3.8, 4) is 11.5 Å². The summed E-state index contributed by atoms with van der Waals surface area (Å²) in [7, 11) is 1.81. The Bertz CT molecular complexity index is 1010. The smallest absolute Gasteiger partial charge is 0.257 e. The molecule has 0 saturated heterocycles. The van der Waals surface area contributed by atoms with Crippen LogP contribution in [0.2, 0.25) is 0 Å². The number of para-hydroxylation sites is 3. The number of amides is 1. The van der Waals surface area contributed by atoms with Gasteiger partial charge in [-0.3, -0.25) is 4.79 Å². The van der Waals surface area contributed by atoms with E-state index in [2.05, 4.69) is 5.32 Å². The van der Waals surface area contributed by atoms with E-state index in [4.69, 9.17) is 9.47 Å². The molecule has 1 N–H and O–H groups in total. The minimum atomic E-state index is -0.734. The fraction of sp³-hybridized carbons (Fsp3) is 0.208. The highest BCUT2D eigenvalue weighted by molar-refractivity contribution is 6.02. The molecule has 0 radical (unpaired) electrons. The van der Waals surface area contributed by atoms with E-state index in [9.17, 15) is 4.79 Å². The van der Waals surface area contributed by atoms with Gasteiger partial charge in [0.25, 0.3) is 5.91 Å². The van der Waals surface area contributed by atoms with Crippen molar-refractivity contribution in [2.75, 3.05) is 25.6 Å². The summed E-state index contributed by atoms with van der Waals surface area (Å²) in [4.78, 5) is 14.7. The van der Waals surface area contributed by atoms with Crippen molar-refractivity contribution in [2.45, 2.75) is 12.6 Å². The molecule has 0 saturated carbocycles.